The second-order valence-corrected chi connectivity index (χ2v) is 12.4. The Labute approximate surface area is 295 Å². The van der Waals surface area contributed by atoms with E-state index in [9.17, 15) is 10.1 Å². The van der Waals surface area contributed by atoms with Gasteiger partial charge >= 0.3 is 0 Å². The Morgan fingerprint density at radius 3 is 2.46 bits per heavy atom. The standard InChI is InChI=1S/C37H37ClN8O4/c1-43(2)18-19-44(3)31-22-34(49-5)29(21-32(31)46(47)48)42-37-40-17-15-28(41-37)35-26-11-6-7-12-30(26)45(4)36(35)24-13-14-33(27(38)20-24)50-23-25-10-8-9-16-39-25/h6-17,20-22H,18-19,23H2,1-5H3,(H,40,41,42). The number of hydrogen-bond donors (Lipinski definition) is 1. The zero-order valence-electron chi connectivity index (χ0n) is 28.4. The maximum Gasteiger partial charge on any atom is 0.294 e. The van der Waals surface area contributed by atoms with Crippen LogP contribution >= 0.6 is 11.6 Å². The fourth-order valence-corrected chi connectivity index (χ4v) is 6.05. The number of anilines is 3. The van der Waals surface area contributed by atoms with Gasteiger partial charge in [-0.3, -0.25) is 15.1 Å². The molecular weight excluding hydrogens is 656 g/mol. The van der Waals surface area contributed by atoms with Crippen LogP contribution in [0.5, 0.6) is 11.5 Å². The number of nitro benzene ring substituents is 1. The van der Waals surface area contributed by atoms with Crippen LogP contribution in [0.15, 0.2) is 91.3 Å². The summed E-state index contributed by atoms with van der Waals surface area (Å²) in [6, 6.07) is 24.4. The normalized spacial score (nSPS) is 11.2. The van der Waals surface area contributed by atoms with Crippen LogP contribution in [0, 0.1) is 10.1 Å². The molecular formula is C37H37ClN8O4. The Morgan fingerprint density at radius 2 is 1.74 bits per heavy atom. The number of methoxy groups -OCH3 is 1. The smallest absolute Gasteiger partial charge is 0.294 e. The van der Waals surface area contributed by atoms with Gasteiger partial charge in [-0.15, -0.1) is 0 Å². The van der Waals surface area contributed by atoms with Gasteiger partial charge in [0.1, 0.15) is 23.8 Å². The molecule has 3 heterocycles. The van der Waals surface area contributed by atoms with Gasteiger partial charge in [0, 0.05) is 73.7 Å². The van der Waals surface area contributed by atoms with Crippen LogP contribution in [-0.2, 0) is 13.7 Å². The van der Waals surface area contributed by atoms with E-state index >= 15 is 0 Å². The van der Waals surface area contributed by atoms with Crippen LogP contribution < -0.4 is 19.7 Å². The van der Waals surface area contributed by atoms with Gasteiger partial charge in [-0.05, 0) is 56.6 Å². The molecule has 0 bridgehead atoms. The van der Waals surface area contributed by atoms with Crippen molar-refractivity contribution in [2.45, 2.75) is 6.61 Å². The van der Waals surface area contributed by atoms with Gasteiger partial charge < -0.3 is 29.2 Å². The molecule has 0 aliphatic rings. The molecule has 0 spiro atoms. The van der Waals surface area contributed by atoms with Gasteiger partial charge in [0.25, 0.3) is 5.69 Å². The van der Waals surface area contributed by atoms with E-state index in [-0.39, 0.29) is 11.6 Å². The molecule has 0 amide bonds. The fraction of sp³-hybridized carbons (Fsp3) is 0.216. The Kier molecular flexibility index (Phi) is 10.1. The van der Waals surface area contributed by atoms with Crippen LogP contribution in [0.4, 0.5) is 23.0 Å². The lowest BCUT2D eigenvalue weighted by molar-refractivity contribution is -0.384. The third-order valence-corrected chi connectivity index (χ3v) is 8.65. The fourth-order valence-electron chi connectivity index (χ4n) is 5.82. The quantitative estimate of drug-likeness (QED) is 0.0956. The minimum atomic E-state index is -0.397. The van der Waals surface area contributed by atoms with E-state index in [0.29, 0.717) is 46.7 Å². The summed E-state index contributed by atoms with van der Waals surface area (Å²) in [6.07, 6.45) is 3.38. The van der Waals surface area contributed by atoms with Crippen molar-refractivity contribution in [2.75, 3.05) is 51.6 Å². The highest BCUT2D eigenvalue weighted by atomic mass is 35.5. The summed E-state index contributed by atoms with van der Waals surface area (Å²) in [5.41, 5.74) is 5.84. The molecule has 0 unspecified atom stereocenters. The van der Waals surface area contributed by atoms with Crippen LogP contribution in [0.2, 0.25) is 5.02 Å². The first-order chi connectivity index (χ1) is 24.1. The molecule has 256 valence electrons. The number of pyridine rings is 1. The van der Waals surface area contributed by atoms with Crippen molar-refractivity contribution in [3.05, 3.63) is 112 Å². The maximum absolute atomic E-state index is 12.2. The predicted molar refractivity (Wildman–Crippen MR) is 198 cm³/mol. The number of nitro groups is 1. The zero-order chi connectivity index (χ0) is 35.4. The van der Waals surface area contributed by atoms with Gasteiger partial charge in [-0.1, -0.05) is 35.9 Å². The Morgan fingerprint density at radius 1 is 0.940 bits per heavy atom. The highest BCUT2D eigenvalue weighted by molar-refractivity contribution is 6.32. The monoisotopic (exact) mass is 692 g/mol. The SMILES string of the molecule is COc1cc(N(C)CCN(C)C)c([N+](=O)[O-])cc1Nc1nccc(-c2c(-c3ccc(OCc4ccccn4)c(Cl)c3)n(C)c3ccccc23)n1. The summed E-state index contributed by atoms with van der Waals surface area (Å²) in [4.78, 5) is 29.4. The van der Waals surface area contributed by atoms with Gasteiger partial charge in [0.05, 0.1) is 39.8 Å². The first-order valence-corrected chi connectivity index (χ1v) is 16.2. The highest BCUT2D eigenvalue weighted by Gasteiger charge is 2.24. The molecule has 6 rings (SSSR count). The molecule has 1 N–H and O–H groups in total. The van der Waals surface area contributed by atoms with E-state index in [4.69, 9.17) is 26.1 Å². The molecule has 13 heteroatoms. The number of aromatic nitrogens is 4. The van der Waals surface area contributed by atoms with Crippen molar-refractivity contribution in [1.82, 2.24) is 24.4 Å². The number of nitrogens with zero attached hydrogens (tertiary/aromatic N) is 7. The Bertz CT molecular complexity index is 2160. The van der Waals surface area contributed by atoms with E-state index in [1.54, 1.807) is 18.5 Å². The number of para-hydroxylation sites is 1. The Hall–Kier alpha value is -5.72. The van der Waals surface area contributed by atoms with Gasteiger partial charge in [0.15, 0.2) is 0 Å². The van der Waals surface area contributed by atoms with Crippen LogP contribution in [0.25, 0.3) is 33.4 Å². The number of ether oxygens (including phenoxy) is 2. The van der Waals surface area contributed by atoms with E-state index in [2.05, 4.69) is 25.9 Å². The van der Waals surface area contributed by atoms with Gasteiger partial charge in [0.2, 0.25) is 5.95 Å². The van der Waals surface area contributed by atoms with Crippen molar-refractivity contribution >= 4 is 45.5 Å². The molecule has 0 aliphatic heterocycles. The average molecular weight is 693 g/mol. The predicted octanol–water partition coefficient (Wildman–Crippen LogP) is 7.59. The second kappa shape index (κ2) is 14.8. The molecule has 3 aromatic carbocycles. The molecule has 0 saturated carbocycles. The third-order valence-electron chi connectivity index (χ3n) is 8.36. The number of likely N-dealkylation sites (N-methyl/N-ethyl adjacent to an activating group) is 2. The number of fused-ring (bicyclic) bond motifs is 1. The van der Waals surface area contributed by atoms with Crippen molar-refractivity contribution in [3.8, 4) is 34.0 Å². The summed E-state index contributed by atoms with van der Waals surface area (Å²) in [5.74, 6) is 1.22. The number of hydrogen-bond acceptors (Lipinski definition) is 10. The first kappa shape index (κ1) is 34.2. The van der Waals surface area contributed by atoms with E-state index in [1.807, 2.05) is 98.7 Å². The Balaban J connectivity index is 1.37. The minimum Gasteiger partial charge on any atom is -0.494 e. The molecule has 6 aromatic rings. The third kappa shape index (κ3) is 7.16. The topological polar surface area (TPSA) is 124 Å². The lowest BCUT2D eigenvalue weighted by atomic mass is 10.0. The molecule has 0 radical (unpaired) electrons. The number of halogens is 1. The number of rotatable bonds is 13. The van der Waals surface area contributed by atoms with Crippen molar-refractivity contribution in [2.24, 2.45) is 7.05 Å². The summed E-state index contributed by atoms with van der Waals surface area (Å²) in [7, 11) is 9.26. The number of benzene rings is 3. The molecule has 0 saturated heterocycles. The second-order valence-electron chi connectivity index (χ2n) is 12.0. The maximum atomic E-state index is 12.2. The van der Waals surface area contributed by atoms with Crippen LogP contribution in [0.3, 0.4) is 0 Å². The molecule has 0 atom stereocenters. The van der Waals surface area contributed by atoms with Crippen molar-refractivity contribution in [3.63, 3.8) is 0 Å². The molecule has 0 aliphatic carbocycles. The van der Waals surface area contributed by atoms with Gasteiger partial charge in [-0.2, -0.15) is 0 Å². The highest BCUT2D eigenvalue weighted by Crippen LogP contribution is 2.43. The van der Waals surface area contributed by atoms with Crippen molar-refractivity contribution in [1.29, 1.82) is 0 Å². The number of aryl methyl sites for hydroxylation is 1. The largest absolute Gasteiger partial charge is 0.494 e. The summed E-state index contributed by atoms with van der Waals surface area (Å²) < 4.78 is 13.8. The van der Waals surface area contributed by atoms with Crippen molar-refractivity contribution < 1.29 is 14.4 Å². The first-order valence-electron chi connectivity index (χ1n) is 15.9. The van der Waals surface area contributed by atoms with Crippen LogP contribution in [-0.4, -0.2) is 70.7 Å². The van der Waals surface area contributed by atoms with E-state index in [1.165, 1.54) is 13.2 Å². The molecule has 3 aromatic heterocycles. The number of nitrogens with one attached hydrogen (secondary N) is 1. The lowest BCUT2D eigenvalue weighted by Gasteiger charge is -2.22. The molecule has 0 fully saturated rings. The van der Waals surface area contributed by atoms with E-state index in [0.717, 1.165) is 40.0 Å². The summed E-state index contributed by atoms with van der Waals surface area (Å²) in [5, 5.41) is 16.8. The summed E-state index contributed by atoms with van der Waals surface area (Å²) in [6.45, 7) is 1.61. The van der Waals surface area contributed by atoms with Crippen LogP contribution in [0.1, 0.15) is 5.69 Å². The lowest BCUT2D eigenvalue weighted by Crippen LogP contribution is -2.28. The molecule has 12 nitrogen and oxygen atoms in total. The zero-order valence-corrected chi connectivity index (χ0v) is 29.2. The summed E-state index contributed by atoms with van der Waals surface area (Å²) >= 11 is 6.78. The van der Waals surface area contributed by atoms with Gasteiger partial charge in [-0.25, -0.2) is 9.97 Å². The minimum absolute atomic E-state index is 0.0635. The molecule has 50 heavy (non-hydrogen) atoms. The average Bonchev–Trinajstić information content (AvgIpc) is 3.42. The van der Waals surface area contributed by atoms with E-state index < -0.39 is 4.92 Å².